The second-order valence-corrected chi connectivity index (χ2v) is 5.06. The number of carbonyl (C=O) groups excluding carboxylic acids is 2. The van der Waals surface area contributed by atoms with Crippen LogP contribution < -0.4 is 20.3 Å². The summed E-state index contributed by atoms with van der Waals surface area (Å²) in [5, 5.41) is 13.2. The molecule has 0 aliphatic rings. The van der Waals surface area contributed by atoms with Crippen LogP contribution in [0.3, 0.4) is 0 Å². The Morgan fingerprint density at radius 2 is 1.92 bits per heavy atom. The predicted octanol–water partition coefficient (Wildman–Crippen LogP) is 1.61. The maximum atomic E-state index is 12.0. The highest BCUT2D eigenvalue weighted by molar-refractivity contribution is 5.95. The first-order valence-electron chi connectivity index (χ1n) is 7.38. The Balaban J connectivity index is 2.73. The summed E-state index contributed by atoms with van der Waals surface area (Å²) in [7, 11) is 2.89. The fourth-order valence-electron chi connectivity index (χ4n) is 1.86. The molecule has 11 heteroatoms. The maximum absolute atomic E-state index is 12.0. The number of anilines is 1. The largest absolute Gasteiger partial charge is 0.493 e. The van der Waals surface area contributed by atoms with Crippen LogP contribution in [0.15, 0.2) is 18.2 Å². The van der Waals surface area contributed by atoms with Gasteiger partial charge in [-0.3, -0.25) is 9.69 Å². The number of carboxylic acids is 1. The first kappa shape index (κ1) is 21.1. The van der Waals surface area contributed by atoms with Crippen molar-refractivity contribution < 1.29 is 37.4 Å². The van der Waals surface area contributed by atoms with Crippen molar-refractivity contribution in [1.29, 1.82) is 0 Å². The van der Waals surface area contributed by atoms with E-state index in [1.807, 2.05) is 0 Å². The molecular weight excluding hydrogens is 359 g/mol. The van der Waals surface area contributed by atoms with E-state index in [-0.39, 0.29) is 30.9 Å². The van der Waals surface area contributed by atoms with Crippen LogP contribution in [0, 0.1) is 0 Å². The highest BCUT2D eigenvalue weighted by atomic mass is 19.4. The van der Waals surface area contributed by atoms with Gasteiger partial charge < -0.3 is 20.5 Å². The highest BCUT2D eigenvalue weighted by Gasteiger charge is 2.38. The lowest BCUT2D eigenvalue weighted by molar-refractivity contribution is -0.173. The molecule has 3 N–H and O–H groups in total. The van der Waals surface area contributed by atoms with E-state index >= 15 is 0 Å². The zero-order valence-corrected chi connectivity index (χ0v) is 14.0. The number of carboxylic acid groups (broad SMARTS) is 1. The van der Waals surface area contributed by atoms with Crippen LogP contribution in [0.2, 0.25) is 0 Å². The first-order valence-corrected chi connectivity index (χ1v) is 7.38. The zero-order chi connectivity index (χ0) is 19.9. The molecule has 0 fully saturated rings. The lowest BCUT2D eigenvalue weighted by Gasteiger charge is -2.18. The predicted molar refractivity (Wildman–Crippen MR) is 85.4 cm³/mol. The summed E-state index contributed by atoms with van der Waals surface area (Å²) < 4.78 is 41.4. The van der Waals surface area contributed by atoms with E-state index in [9.17, 15) is 27.6 Å². The van der Waals surface area contributed by atoms with Crippen LogP contribution in [0.5, 0.6) is 5.75 Å². The molecule has 1 rings (SSSR count). The molecule has 0 aliphatic carbocycles. The van der Waals surface area contributed by atoms with Crippen molar-refractivity contribution in [1.82, 2.24) is 10.6 Å². The minimum atomic E-state index is -4.96. The molecular formula is C15H18F3N3O5. The molecule has 1 aromatic rings. The van der Waals surface area contributed by atoms with Crippen molar-refractivity contribution in [2.75, 3.05) is 32.1 Å². The summed E-state index contributed by atoms with van der Waals surface area (Å²) in [5.41, 5.74) is 0.188. The molecule has 0 aromatic heterocycles. The minimum Gasteiger partial charge on any atom is -0.493 e. The van der Waals surface area contributed by atoms with Crippen LogP contribution in [0.1, 0.15) is 16.8 Å². The standard InChI is InChI=1S/C15H18F3N3O5/c1-19-14(25)21(2)9-4-5-10(12(22)23)11(8-9)26-7-3-6-20-13(24)15(16,17)18/h4-5,8H,3,6-7H2,1-2H3,(H,19,25)(H,20,24)(H,22,23). The van der Waals surface area contributed by atoms with Gasteiger partial charge in [0.1, 0.15) is 11.3 Å². The maximum Gasteiger partial charge on any atom is 0.471 e. The molecule has 3 amide bonds. The third kappa shape index (κ3) is 5.83. The second-order valence-electron chi connectivity index (χ2n) is 5.06. The SMILES string of the molecule is CNC(=O)N(C)c1ccc(C(=O)O)c(OCCCNC(=O)C(F)(F)F)c1. The average molecular weight is 377 g/mol. The number of hydrogen-bond acceptors (Lipinski definition) is 4. The molecule has 0 radical (unpaired) electrons. The smallest absolute Gasteiger partial charge is 0.471 e. The van der Waals surface area contributed by atoms with Gasteiger partial charge in [-0.1, -0.05) is 0 Å². The number of hydrogen-bond donors (Lipinski definition) is 3. The van der Waals surface area contributed by atoms with Crippen LogP contribution >= 0.6 is 0 Å². The molecule has 0 saturated heterocycles. The number of urea groups is 1. The normalized spacial score (nSPS) is 10.8. The molecule has 26 heavy (non-hydrogen) atoms. The Morgan fingerprint density at radius 3 is 2.46 bits per heavy atom. The van der Waals surface area contributed by atoms with Gasteiger partial charge in [-0.05, 0) is 18.6 Å². The summed E-state index contributed by atoms with van der Waals surface area (Å²) in [6, 6.07) is 3.55. The fraction of sp³-hybridized carbons (Fsp3) is 0.400. The third-order valence-corrected chi connectivity index (χ3v) is 3.22. The summed E-state index contributed by atoms with van der Waals surface area (Å²) >= 11 is 0. The number of carbonyl (C=O) groups is 3. The Bertz CT molecular complexity index is 679. The van der Waals surface area contributed by atoms with Gasteiger partial charge in [0.2, 0.25) is 0 Å². The van der Waals surface area contributed by atoms with Crippen LogP contribution in [-0.2, 0) is 4.79 Å². The van der Waals surface area contributed by atoms with E-state index in [1.54, 1.807) is 5.32 Å². The fourth-order valence-corrected chi connectivity index (χ4v) is 1.86. The number of alkyl halides is 3. The summed E-state index contributed by atoms with van der Waals surface area (Å²) in [4.78, 5) is 34.7. The molecule has 0 atom stereocenters. The lowest BCUT2D eigenvalue weighted by atomic mass is 10.1. The molecule has 0 spiro atoms. The van der Waals surface area contributed by atoms with Gasteiger partial charge in [0.25, 0.3) is 0 Å². The molecule has 1 aromatic carbocycles. The van der Waals surface area contributed by atoms with Crippen molar-refractivity contribution in [2.45, 2.75) is 12.6 Å². The Labute approximate surface area is 146 Å². The zero-order valence-electron chi connectivity index (χ0n) is 14.0. The third-order valence-electron chi connectivity index (χ3n) is 3.22. The lowest BCUT2D eigenvalue weighted by Crippen LogP contribution is -2.37. The quantitative estimate of drug-likeness (QED) is 0.626. The van der Waals surface area contributed by atoms with Crippen LogP contribution in [-0.4, -0.2) is 56.4 Å². The molecule has 0 bridgehead atoms. The Kier molecular flexibility index (Phi) is 7.23. The monoisotopic (exact) mass is 377 g/mol. The van der Waals surface area contributed by atoms with E-state index in [1.165, 1.54) is 37.2 Å². The molecule has 8 nitrogen and oxygen atoms in total. The van der Waals surface area contributed by atoms with E-state index in [0.29, 0.717) is 5.69 Å². The molecule has 0 heterocycles. The Hall–Kier alpha value is -2.98. The minimum absolute atomic E-state index is 0.0242. The van der Waals surface area contributed by atoms with Gasteiger partial charge in [0, 0.05) is 32.4 Å². The van der Waals surface area contributed by atoms with Crippen molar-refractivity contribution in [3.8, 4) is 5.75 Å². The second kappa shape index (κ2) is 8.92. The van der Waals surface area contributed by atoms with Gasteiger partial charge in [-0.15, -0.1) is 0 Å². The van der Waals surface area contributed by atoms with Crippen molar-refractivity contribution >= 4 is 23.6 Å². The van der Waals surface area contributed by atoms with Gasteiger partial charge in [0.05, 0.1) is 6.61 Å². The molecule has 0 aliphatic heterocycles. The number of halogens is 3. The number of aromatic carboxylic acids is 1. The van der Waals surface area contributed by atoms with Crippen molar-refractivity contribution in [3.05, 3.63) is 23.8 Å². The molecule has 0 unspecified atom stereocenters. The Morgan fingerprint density at radius 1 is 1.27 bits per heavy atom. The number of nitrogens with zero attached hydrogens (tertiary/aromatic N) is 1. The number of amides is 3. The van der Waals surface area contributed by atoms with Crippen molar-refractivity contribution in [3.63, 3.8) is 0 Å². The van der Waals surface area contributed by atoms with Gasteiger partial charge in [-0.25, -0.2) is 9.59 Å². The molecule has 144 valence electrons. The van der Waals surface area contributed by atoms with E-state index in [4.69, 9.17) is 9.84 Å². The van der Waals surface area contributed by atoms with Gasteiger partial charge >= 0.3 is 24.1 Å². The van der Waals surface area contributed by atoms with E-state index in [0.717, 1.165) is 0 Å². The topological polar surface area (TPSA) is 108 Å². The number of rotatable bonds is 7. The number of ether oxygens (including phenoxy) is 1. The van der Waals surface area contributed by atoms with Crippen molar-refractivity contribution in [2.24, 2.45) is 0 Å². The number of nitrogens with one attached hydrogen (secondary N) is 2. The first-order chi connectivity index (χ1) is 12.1. The van der Waals surface area contributed by atoms with Gasteiger partial charge in [0.15, 0.2) is 0 Å². The van der Waals surface area contributed by atoms with E-state index in [2.05, 4.69) is 5.32 Å². The van der Waals surface area contributed by atoms with Crippen LogP contribution in [0.25, 0.3) is 0 Å². The number of benzene rings is 1. The summed E-state index contributed by atoms with van der Waals surface area (Å²) in [5.74, 6) is -3.37. The highest BCUT2D eigenvalue weighted by Crippen LogP contribution is 2.26. The summed E-state index contributed by atoms with van der Waals surface area (Å²) in [6.45, 7) is -0.426. The summed E-state index contributed by atoms with van der Waals surface area (Å²) in [6.07, 6.45) is -4.94. The molecule has 0 saturated carbocycles. The van der Waals surface area contributed by atoms with Gasteiger partial charge in [-0.2, -0.15) is 13.2 Å². The average Bonchev–Trinajstić information content (AvgIpc) is 2.58. The van der Waals surface area contributed by atoms with E-state index < -0.39 is 24.1 Å². The van der Waals surface area contributed by atoms with Crippen LogP contribution in [0.4, 0.5) is 23.7 Å².